The summed E-state index contributed by atoms with van der Waals surface area (Å²) in [5.41, 5.74) is 2.08. The molecule has 0 saturated carbocycles. The maximum atomic E-state index is 9.48. The van der Waals surface area contributed by atoms with E-state index >= 15 is 0 Å². The molecule has 3 heteroatoms. The first kappa shape index (κ1) is 28.4. The van der Waals surface area contributed by atoms with Crippen LogP contribution in [0.4, 0.5) is 0 Å². The molecule has 39 heavy (non-hydrogen) atoms. The van der Waals surface area contributed by atoms with Gasteiger partial charge in [0.1, 0.15) is 17.6 Å². The van der Waals surface area contributed by atoms with Gasteiger partial charge in [0, 0.05) is 71.0 Å². The summed E-state index contributed by atoms with van der Waals surface area (Å²) in [6.45, 7) is 0. The molecule has 0 aromatic heterocycles. The Labute approximate surface area is 230 Å². The van der Waals surface area contributed by atoms with Gasteiger partial charge in [-0.1, -0.05) is 24.3 Å². The summed E-state index contributed by atoms with van der Waals surface area (Å²) >= 11 is 0. The number of hydrogen-bond acceptors (Lipinski definition) is 3. The molecule has 0 aliphatic carbocycles. The highest BCUT2D eigenvalue weighted by molar-refractivity contribution is 5.47. The van der Waals surface area contributed by atoms with Crippen molar-refractivity contribution in [3.63, 3.8) is 0 Å². The van der Waals surface area contributed by atoms with E-state index in [1.54, 1.807) is 12.1 Å². The van der Waals surface area contributed by atoms with Crippen molar-refractivity contribution in [3.8, 4) is 142 Å². The molecule has 2 N–H and O–H groups in total. The lowest BCUT2D eigenvalue weighted by Crippen LogP contribution is -2.17. The van der Waals surface area contributed by atoms with Crippen molar-refractivity contribution in [2.45, 2.75) is 6.04 Å². The third-order valence-corrected chi connectivity index (χ3v) is 4.15. The number of nitrogens with one attached hydrogen (secondary N) is 1. The third-order valence-electron chi connectivity index (χ3n) is 4.15. The van der Waals surface area contributed by atoms with Crippen LogP contribution in [0.1, 0.15) is 17.2 Å². The standard InChI is InChI=1S/C36H15NO2/c1-3-4-5-6-7-8-9-10-11-12-13-14-15-16-17-18-19-20-21-22-31-39-35-29-25-33(26-30-35)36(37-2)32-23-27-34(38)28-24-32/h1,23-30,36-38H,2H3. The molecule has 1 unspecified atom stereocenters. The number of rotatable bonds is 4. The first-order valence-corrected chi connectivity index (χ1v) is 10.9. The molecule has 176 valence electrons. The van der Waals surface area contributed by atoms with Crippen LogP contribution < -0.4 is 10.1 Å². The Balaban J connectivity index is 1.80. The predicted molar refractivity (Wildman–Crippen MR) is 153 cm³/mol. The average Bonchev–Trinajstić information content (AvgIpc) is 2.96. The van der Waals surface area contributed by atoms with E-state index in [-0.39, 0.29) is 11.8 Å². The third kappa shape index (κ3) is 12.4. The van der Waals surface area contributed by atoms with Gasteiger partial charge in [0.15, 0.2) is 0 Å². The van der Waals surface area contributed by atoms with Crippen molar-refractivity contribution in [3.05, 3.63) is 59.7 Å². The summed E-state index contributed by atoms with van der Waals surface area (Å²) < 4.78 is 5.38. The Morgan fingerprint density at radius 2 is 0.923 bits per heavy atom. The van der Waals surface area contributed by atoms with Gasteiger partial charge in [0.2, 0.25) is 0 Å². The fraction of sp³-hybridized carbons (Fsp3) is 0.0556. The number of hydrogen-bond donors (Lipinski definition) is 2. The highest BCUT2D eigenvalue weighted by atomic mass is 16.5. The molecule has 2 aromatic carbocycles. The fourth-order valence-electron chi connectivity index (χ4n) is 2.60. The van der Waals surface area contributed by atoms with Gasteiger partial charge in [-0.2, -0.15) is 0 Å². The van der Waals surface area contributed by atoms with Gasteiger partial charge in [-0.25, -0.2) is 0 Å². The Bertz CT molecular complexity index is 1870. The molecule has 0 aliphatic heterocycles. The van der Waals surface area contributed by atoms with Crippen LogP contribution in [0.15, 0.2) is 48.5 Å². The Morgan fingerprint density at radius 3 is 1.31 bits per heavy atom. The number of terminal acetylenes is 1. The maximum absolute atomic E-state index is 9.48. The quantitative estimate of drug-likeness (QED) is 0.644. The zero-order valence-electron chi connectivity index (χ0n) is 20.6. The van der Waals surface area contributed by atoms with E-state index < -0.39 is 0 Å². The number of phenols is 1. The topological polar surface area (TPSA) is 41.5 Å². The Morgan fingerprint density at radius 1 is 0.564 bits per heavy atom. The minimum absolute atomic E-state index is 0.0186. The molecular weight excluding hydrogens is 478 g/mol. The number of phenolic OH excluding ortho intramolecular Hbond substituents is 1. The minimum atomic E-state index is -0.0186. The van der Waals surface area contributed by atoms with Crippen LogP contribution in [0.25, 0.3) is 0 Å². The van der Waals surface area contributed by atoms with Crippen molar-refractivity contribution < 1.29 is 9.84 Å². The van der Waals surface area contributed by atoms with Crippen molar-refractivity contribution in [2.75, 3.05) is 7.05 Å². The van der Waals surface area contributed by atoms with Crippen LogP contribution in [0.3, 0.4) is 0 Å². The SMILES string of the molecule is C#CC#CC#CC#CC#CC#CC#CC#CC#CC#CC#COc1ccc(C(NC)c2ccc(O)cc2)cc1. The van der Waals surface area contributed by atoms with Gasteiger partial charge in [0.05, 0.1) is 6.04 Å². The lowest BCUT2D eigenvalue weighted by molar-refractivity contribution is 0.475. The van der Waals surface area contributed by atoms with Crippen molar-refractivity contribution in [2.24, 2.45) is 0 Å². The van der Waals surface area contributed by atoms with Gasteiger partial charge < -0.3 is 15.2 Å². The van der Waals surface area contributed by atoms with Gasteiger partial charge in [-0.15, -0.1) is 6.42 Å². The van der Waals surface area contributed by atoms with Crippen LogP contribution in [0.2, 0.25) is 0 Å². The molecule has 0 heterocycles. The van der Waals surface area contributed by atoms with Crippen molar-refractivity contribution in [1.82, 2.24) is 5.32 Å². The predicted octanol–water partition coefficient (Wildman–Crippen LogP) is 2.70. The highest BCUT2D eigenvalue weighted by Crippen LogP contribution is 2.25. The van der Waals surface area contributed by atoms with E-state index in [9.17, 15) is 5.11 Å². The molecule has 2 rings (SSSR count). The second kappa shape index (κ2) is 18.5. The van der Waals surface area contributed by atoms with Crippen LogP contribution in [-0.4, -0.2) is 12.2 Å². The van der Waals surface area contributed by atoms with Gasteiger partial charge in [-0.05, 0) is 89.8 Å². The molecule has 0 radical (unpaired) electrons. The van der Waals surface area contributed by atoms with E-state index in [0.29, 0.717) is 5.75 Å². The lowest BCUT2D eigenvalue weighted by atomic mass is 9.99. The molecule has 0 fully saturated rings. The Kier molecular flexibility index (Phi) is 13.5. The smallest absolute Gasteiger partial charge is 0.140 e. The van der Waals surface area contributed by atoms with E-state index in [1.165, 1.54) is 0 Å². The molecular formula is C36H15NO2. The highest BCUT2D eigenvalue weighted by Gasteiger charge is 2.11. The Hall–Kier alpha value is -6.84. The normalized spacial score (nSPS) is 7.69. The van der Waals surface area contributed by atoms with E-state index in [4.69, 9.17) is 11.2 Å². The zero-order chi connectivity index (χ0) is 27.8. The lowest BCUT2D eigenvalue weighted by Gasteiger charge is -2.17. The number of aromatic hydroxyl groups is 1. The summed E-state index contributed by atoms with van der Waals surface area (Å²) in [6.07, 6.45) is 7.45. The van der Waals surface area contributed by atoms with Crippen LogP contribution >= 0.6 is 0 Å². The zero-order valence-corrected chi connectivity index (χ0v) is 20.6. The second-order valence-electron chi connectivity index (χ2n) is 6.61. The van der Waals surface area contributed by atoms with Crippen molar-refractivity contribution in [1.29, 1.82) is 0 Å². The van der Waals surface area contributed by atoms with E-state index in [2.05, 4.69) is 130 Å². The minimum Gasteiger partial charge on any atom is -0.508 e. The fourth-order valence-corrected chi connectivity index (χ4v) is 2.60. The molecule has 0 amide bonds. The summed E-state index contributed by atoms with van der Waals surface area (Å²) in [6, 6.07) is 14.6. The summed E-state index contributed by atoms with van der Waals surface area (Å²) in [5.74, 6) is 50.4. The number of ether oxygens (including phenoxy) is 1. The van der Waals surface area contributed by atoms with Crippen LogP contribution in [-0.2, 0) is 0 Å². The molecule has 2 aromatic rings. The van der Waals surface area contributed by atoms with Crippen molar-refractivity contribution >= 4 is 0 Å². The van der Waals surface area contributed by atoms with Gasteiger partial charge in [0.25, 0.3) is 0 Å². The van der Waals surface area contributed by atoms with Gasteiger partial charge in [-0.3, -0.25) is 0 Å². The largest absolute Gasteiger partial charge is 0.508 e. The molecule has 1 atom stereocenters. The molecule has 0 spiro atoms. The van der Waals surface area contributed by atoms with Gasteiger partial charge >= 0.3 is 0 Å². The molecule has 0 bridgehead atoms. The first-order valence-electron chi connectivity index (χ1n) is 10.9. The van der Waals surface area contributed by atoms with E-state index in [1.807, 2.05) is 43.4 Å². The summed E-state index contributed by atoms with van der Waals surface area (Å²) in [7, 11) is 1.87. The summed E-state index contributed by atoms with van der Waals surface area (Å²) in [4.78, 5) is 0. The second-order valence-corrected chi connectivity index (χ2v) is 6.61. The molecule has 3 nitrogen and oxygen atoms in total. The first-order chi connectivity index (χ1) is 19.2. The van der Waals surface area contributed by atoms with Crippen LogP contribution in [0, 0.1) is 131 Å². The summed E-state index contributed by atoms with van der Waals surface area (Å²) in [5, 5.41) is 12.7. The van der Waals surface area contributed by atoms with Crippen LogP contribution in [0.5, 0.6) is 11.5 Å². The van der Waals surface area contributed by atoms with E-state index in [0.717, 1.165) is 11.1 Å². The molecule has 0 saturated heterocycles. The maximum Gasteiger partial charge on any atom is 0.140 e. The average molecular weight is 494 g/mol. The molecule has 0 aliphatic rings. The number of benzene rings is 2. The monoisotopic (exact) mass is 493 g/mol.